The molecule has 43 heavy (non-hydrogen) atoms. The van der Waals surface area contributed by atoms with Gasteiger partial charge in [-0.1, -0.05) is 12.1 Å². The summed E-state index contributed by atoms with van der Waals surface area (Å²) in [4.78, 5) is 46.2. The van der Waals surface area contributed by atoms with E-state index in [1.54, 1.807) is 38.2 Å². The van der Waals surface area contributed by atoms with Crippen LogP contribution in [0.3, 0.4) is 0 Å². The normalized spacial score (nSPS) is 20.1. The molecule has 1 aromatic heterocycles. The second-order valence-corrected chi connectivity index (χ2v) is 10.9. The molecule has 1 aromatic carbocycles. The van der Waals surface area contributed by atoms with Crippen molar-refractivity contribution in [2.45, 2.75) is 83.0 Å². The molecule has 1 saturated heterocycles. The van der Waals surface area contributed by atoms with Gasteiger partial charge >= 0.3 is 6.61 Å². The molecule has 0 bridgehead atoms. The Labute approximate surface area is 247 Å². The molecule has 1 saturated carbocycles. The average molecular weight is 609 g/mol. The number of hydrogen-bond acceptors (Lipinski definition) is 6. The lowest BCUT2D eigenvalue weighted by Crippen LogP contribution is -2.45. The lowest BCUT2D eigenvalue weighted by Gasteiger charge is -2.34. The fourth-order valence-corrected chi connectivity index (χ4v) is 5.73. The monoisotopic (exact) mass is 608 g/mol. The van der Waals surface area contributed by atoms with E-state index in [1.807, 2.05) is 0 Å². The molecule has 1 unspecified atom stereocenters. The van der Waals surface area contributed by atoms with Gasteiger partial charge in [-0.25, -0.2) is 8.78 Å². The molecule has 9 nitrogen and oxygen atoms in total. The van der Waals surface area contributed by atoms with Gasteiger partial charge in [-0.2, -0.15) is 8.78 Å². The Morgan fingerprint density at radius 1 is 1.16 bits per heavy atom. The topological polar surface area (TPSA) is 101 Å². The highest BCUT2D eigenvalue weighted by atomic mass is 19.3. The zero-order valence-electron chi connectivity index (χ0n) is 24.3. The number of pyridine rings is 1. The third-order valence-electron chi connectivity index (χ3n) is 8.06. The number of hydrogen-bond donors (Lipinski definition) is 1. The Morgan fingerprint density at radius 3 is 2.53 bits per heavy atom. The fourth-order valence-electron chi connectivity index (χ4n) is 5.73. The number of likely N-dealkylation sites (tertiary alicyclic amines) is 1. The standard InChI is InChI=1S/C30H36F4N4O5/c1-4-42-25-15-19(7-8-24(25)43-29(31)32)21-14-23(38(17-21)18(2)39)27(40)36-16-20-6-5-13-35-26(20)28(41)37(3)22-9-11-30(33,34)12-10-22/h5-8,13,15,21-23,29H,4,9-12,14,16-17H2,1-3H3,(H,36,40)/t21?,23-/m1/s1. The first-order chi connectivity index (χ1) is 20.4. The Bertz CT molecular complexity index is 1320. The number of alkyl halides is 4. The molecule has 1 N–H and O–H groups in total. The quantitative estimate of drug-likeness (QED) is 0.391. The highest BCUT2D eigenvalue weighted by molar-refractivity contribution is 5.94. The van der Waals surface area contributed by atoms with Crippen LogP contribution >= 0.6 is 0 Å². The summed E-state index contributed by atoms with van der Waals surface area (Å²) in [6, 6.07) is 6.72. The van der Waals surface area contributed by atoms with E-state index in [1.165, 1.54) is 29.0 Å². The molecule has 13 heteroatoms. The highest BCUT2D eigenvalue weighted by Crippen LogP contribution is 2.38. The van der Waals surface area contributed by atoms with Crippen molar-refractivity contribution in [3.63, 3.8) is 0 Å². The van der Waals surface area contributed by atoms with Crippen LogP contribution in [0, 0.1) is 0 Å². The molecule has 1 aliphatic heterocycles. The van der Waals surface area contributed by atoms with E-state index in [0.29, 0.717) is 11.1 Å². The zero-order valence-corrected chi connectivity index (χ0v) is 24.3. The van der Waals surface area contributed by atoms with E-state index in [4.69, 9.17) is 4.74 Å². The predicted molar refractivity (Wildman–Crippen MR) is 148 cm³/mol. The van der Waals surface area contributed by atoms with Crippen molar-refractivity contribution in [1.82, 2.24) is 20.1 Å². The van der Waals surface area contributed by atoms with Gasteiger partial charge < -0.3 is 24.6 Å². The maximum atomic E-state index is 13.6. The smallest absolute Gasteiger partial charge is 0.387 e. The number of carbonyl (C=O) groups is 3. The first kappa shape index (κ1) is 32.0. The van der Waals surface area contributed by atoms with E-state index in [2.05, 4.69) is 15.0 Å². The van der Waals surface area contributed by atoms with Gasteiger partial charge in [-0.15, -0.1) is 0 Å². The molecule has 2 heterocycles. The number of benzene rings is 1. The molecule has 2 aromatic rings. The number of nitrogens with one attached hydrogen (secondary N) is 1. The second-order valence-electron chi connectivity index (χ2n) is 10.9. The van der Waals surface area contributed by atoms with E-state index in [0.717, 1.165) is 0 Å². The molecule has 234 valence electrons. The molecule has 3 amide bonds. The van der Waals surface area contributed by atoms with Crippen LogP contribution < -0.4 is 14.8 Å². The number of rotatable bonds is 10. The lowest BCUT2D eigenvalue weighted by atomic mass is 9.91. The summed E-state index contributed by atoms with van der Waals surface area (Å²) in [6.07, 6.45) is 1.54. The van der Waals surface area contributed by atoms with Crippen LogP contribution in [0.25, 0.3) is 0 Å². The Kier molecular flexibility index (Phi) is 10.1. The van der Waals surface area contributed by atoms with Crippen molar-refractivity contribution in [3.05, 3.63) is 53.3 Å². The largest absolute Gasteiger partial charge is 0.490 e. The van der Waals surface area contributed by atoms with Gasteiger partial charge in [0.2, 0.25) is 17.7 Å². The minimum absolute atomic E-state index is 0.0363. The van der Waals surface area contributed by atoms with Crippen LogP contribution in [-0.4, -0.2) is 77.3 Å². The molecule has 1 aliphatic carbocycles. The van der Waals surface area contributed by atoms with Crippen LogP contribution in [0.1, 0.15) is 73.5 Å². The fraction of sp³-hybridized carbons (Fsp3) is 0.533. The number of ether oxygens (including phenoxy) is 2. The zero-order chi connectivity index (χ0) is 31.3. The van der Waals surface area contributed by atoms with Crippen LogP contribution in [0.15, 0.2) is 36.5 Å². The number of nitrogens with zero attached hydrogens (tertiary/aromatic N) is 3. The van der Waals surface area contributed by atoms with Gasteiger partial charge in [0.05, 0.1) is 6.61 Å². The van der Waals surface area contributed by atoms with Gasteiger partial charge in [-0.3, -0.25) is 19.4 Å². The summed E-state index contributed by atoms with van der Waals surface area (Å²) in [7, 11) is 1.57. The van der Waals surface area contributed by atoms with Gasteiger partial charge in [0.15, 0.2) is 11.5 Å². The first-order valence-electron chi connectivity index (χ1n) is 14.3. The maximum Gasteiger partial charge on any atom is 0.387 e. The molecule has 2 fully saturated rings. The van der Waals surface area contributed by atoms with E-state index >= 15 is 0 Å². The minimum Gasteiger partial charge on any atom is -0.490 e. The molecule has 2 atom stereocenters. The molecule has 4 rings (SSSR count). The van der Waals surface area contributed by atoms with Gasteiger partial charge in [-0.05, 0) is 49.9 Å². The summed E-state index contributed by atoms with van der Waals surface area (Å²) >= 11 is 0. The second kappa shape index (κ2) is 13.6. The van der Waals surface area contributed by atoms with E-state index in [-0.39, 0.29) is 86.9 Å². The number of amides is 3. The number of carbonyl (C=O) groups excluding carboxylic acids is 3. The Morgan fingerprint density at radius 2 is 1.88 bits per heavy atom. The molecule has 0 spiro atoms. The summed E-state index contributed by atoms with van der Waals surface area (Å²) < 4.78 is 62.9. The third kappa shape index (κ3) is 7.74. The molecule has 2 aliphatic rings. The predicted octanol–water partition coefficient (Wildman–Crippen LogP) is 4.75. The lowest BCUT2D eigenvalue weighted by molar-refractivity contribution is -0.136. The summed E-state index contributed by atoms with van der Waals surface area (Å²) in [6.45, 7) is 0.477. The first-order valence-corrected chi connectivity index (χ1v) is 14.3. The van der Waals surface area contributed by atoms with Crippen LogP contribution in [-0.2, 0) is 16.1 Å². The minimum atomic E-state index is -3.02. The molecular weight excluding hydrogens is 572 g/mol. The van der Waals surface area contributed by atoms with Crippen molar-refractivity contribution in [2.75, 3.05) is 20.2 Å². The summed E-state index contributed by atoms with van der Waals surface area (Å²) in [5, 5.41) is 2.81. The van der Waals surface area contributed by atoms with E-state index in [9.17, 15) is 31.9 Å². The summed E-state index contributed by atoms with van der Waals surface area (Å²) in [5.74, 6) is -4.10. The van der Waals surface area contributed by atoms with Crippen molar-refractivity contribution in [2.24, 2.45) is 0 Å². The van der Waals surface area contributed by atoms with Crippen molar-refractivity contribution < 1.29 is 41.4 Å². The van der Waals surface area contributed by atoms with Gasteiger partial charge in [0.1, 0.15) is 11.7 Å². The van der Waals surface area contributed by atoms with E-state index < -0.39 is 30.4 Å². The van der Waals surface area contributed by atoms with Crippen LogP contribution in [0.2, 0.25) is 0 Å². The SMILES string of the molecule is CCOc1cc(C2C[C@H](C(=O)NCc3cccnc3C(=O)N(C)C3CCC(F)(F)CC3)N(C(C)=O)C2)ccc1OC(F)F. The molecular formula is C30H36F4N4O5. The van der Waals surface area contributed by atoms with Crippen molar-refractivity contribution >= 4 is 17.7 Å². The van der Waals surface area contributed by atoms with Crippen LogP contribution in [0.4, 0.5) is 17.6 Å². The molecule has 0 radical (unpaired) electrons. The average Bonchev–Trinajstić information content (AvgIpc) is 3.42. The Balaban J connectivity index is 1.44. The van der Waals surface area contributed by atoms with Crippen LogP contribution in [0.5, 0.6) is 11.5 Å². The number of aromatic nitrogens is 1. The van der Waals surface area contributed by atoms with Gasteiger partial charge in [0, 0.05) is 63.6 Å². The van der Waals surface area contributed by atoms with Crippen molar-refractivity contribution in [3.8, 4) is 11.5 Å². The Hall–Kier alpha value is -3.90. The van der Waals surface area contributed by atoms with Gasteiger partial charge in [0.25, 0.3) is 5.91 Å². The van der Waals surface area contributed by atoms with Crippen molar-refractivity contribution in [1.29, 1.82) is 0 Å². The highest BCUT2D eigenvalue weighted by Gasteiger charge is 2.40. The number of halogens is 4. The summed E-state index contributed by atoms with van der Waals surface area (Å²) in [5.41, 5.74) is 1.27. The maximum absolute atomic E-state index is 13.6. The third-order valence-corrected chi connectivity index (χ3v) is 8.06.